The van der Waals surface area contributed by atoms with Crippen LogP contribution in [0.4, 0.5) is 0 Å². The smallest absolute Gasteiger partial charge is 0.0826 e. The van der Waals surface area contributed by atoms with Crippen molar-refractivity contribution in [3.63, 3.8) is 0 Å². The summed E-state index contributed by atoms with van der Waals surface area (Å²) in [5, 5.41) is 9.81. The van der Waals surface area contributed by atoms with Crippen LogP contribution in [-0.4, -0.2) is 23.4 Å². The van der Waals surface area contributed by atoms with Crippen LogP contribution in [-0.2, 0) is 4.74 Å². The Balaban J connectivity index is 2.23. The number of aliphatic hydroxyl groups is 1. The molecule has 0 aromatic carbocycles. The summed E-state index contributed by atoms with van der Waals surface area (Å²) in [5.74, 6) is 0.480. The van der Waals surface area contributed by atoms with E-state index in [4.69, 9.17) is 4.74 Å². The summed E-state index contributed by atoms with van der Waals surface area (Å²) in [6, 6.07) is 0. The Morgan fingerprint density at radius 3 is 2.64 bits per heavy atom. The van der Waals surface area contributed by atoms with E-state index in [-0.39, 0.29) is 18.1 Å². The molecule has 1 fully saturated rings. The molecular formula is C12H16O2. The summed E-state index contributed by atoms with van der Waals surface area (Å²) in [6.07, 6.45) is 9.34. The van der Waals surface area contributed by atoms with Crippen molar-refractivity contribution in [2.24, 2.45) is 11.8 Å². The van der Waals surface area contributed by atoms with Crippen molar-refractivity contribution in [2.45, 2.75) is 25.2 Å². The zero-order chi connectivity index (χ0) is 10.1. The number of ether oxygens (including phenoxy) is 1. The molecule has 0 saturated carbocycles. The van der Waals surface area contributed by atoms with E-state index in [0.717, 1.165) is 0 Å². The minimum absolute atomic E-state index is 0.0259. The third-order valence-corrected chi connectivity index (χ3v) is 3.17. The summed E-state index contributed by atoms with van der Waals surface area (Å²) in [7, 11) is 0. The van der Waals surface area contributed by atoms with Crippen molar-refractivity contribution >= 4 is 0 Å². The number of aliphatic hydroxyl groups excluding tert-OH is 1. The van der Waals surface area contributed by atoms with Gasteiger partial charge in [-0.2, -0.15) is 0 Å². The van der Waals surface area contributed by atoms with Gasteiger partial charge in [-0.3, -0.25) is 0 Å². The first-order valence-electron chi connectivity index (χ1n) is 5.05. The lowest BCUT2D eigenvalue weighted by atomic mass is 9.83. The standard InChI is InChI=1S/C12H16O2/c1-3-9(13)12-8(2)10-6-4-5-7-11(12)14-10/h3-13H,1H2,2H3/t8-,9-,10-,11+,12+/m1/s1. The van der Waals surface area contributed by atoms with Crippen LogP contribution in [0.15, 0.2) is 37.0 Å². The molecule has 2 nitrogen and oxygen atoms in total. The Bertz CT molecular complexity index is 280. The number of rotatable bonds is 2. The third-order valence-electron chi connectivity index (χ3n) is 3.17. The van der Waals surface area contributed by atoms with E-state index in [2.05, 4.69) is 19.6 Å². The van der Waals surface area contributed by atoms with E-state index in [0.29, 0.717) is 5.92 Å². The fourth-order valence-corrected chi connectivity index (χ4v) is 2.32. The highest BCUT2D eigenvalue weighted by Gasteiger charge is 2.42. The van der Waals surface area contributed by atoms with E-state index in [9.17, 15) is 5.11 Å². The SMILES string of the molecule is C=C[C@@H](O)[C@@H]1[C@H](C)[C@H]2C=CC=C[C@@H]1O2. The topological polar surface area (TPSA) is 29.5 Å². The average molecular weight is 192 g/mol. The van der Waals surface area contributed by atoms with Crippen molar-refractivity contribution < 1.29 is 9.84 Å². The molecule has 2 heterocycles. The van der Waals surface area contributed by atoms with Crippen LogP contribution >= 0.6 is 0 Å². The third kappa shape index (κ3) is 1.45. The molecule has 0 amide bonds. The largest absolute Gasteiger partial charge is 0.389 e. The van der Waals surface area contributed by atoms with Crippen LogP contribution < -0.4 is 0 Å². The summed E-state index contributed by atoms with van der Waals surface area (Å²) < 4.78 is 5.79. The van der Waals surface area contributed by atoms with Crippen LogP contribution in [0.25, 0.3) is 0 Å². The highest BCUT2D eigenvalue weighted by Crippen LogP contribution is 2.37. The fraction of sp³-hybridized carbons (Fsp3) is 0.500. The molecule has 0 unspecified atom stereocenters. The minimum atomic E-state index is -0.476. The van der Waals surface area contributed by atoms with Crippen molar-refractivity contribution in [3.8, 4) is 0 Å². The zero-order valence-corrected chi connectivity index (χ0v) is 8.34. The van der Waals surface area contributed by atoms with Gasteiger partial charge in [0.15, 0.2) is 0 Å². The predicted octanol–water partition coefficient (Wildman–Crippen LogP) is 1.68. The van der Waals surface area contributed by atoms with Gasteiger partial charge in [-0.05, 0) is 5.92 Å². The molecule has 2 aliphatic heterocycles. The lowest BCUT2D eigenvalue weighted by molar-refractivity contribution is 0.0634. The van der Waals surface area contributed by atoms with Crippen LogP contribution in [0.3, 0.4) is 0 Å². The van der Waals surface area contributed by atoms with E-state index >= 15 is 0 Å². The summed E-state index contributed by atoms with van der Waals surface area (Å²) in [6.45, 7) is 5.75. The second kappa shape index (κ2) is 3.71. The Kier molecular flexibility index (Phi) is 2.57. The van der Waals surface area contributed by atoms with E-state index in [1.165, 1.54) is 0 Å². The molecule has 1 N–H and O–H groups in total. The Hall–Kier alpha value is -0.860. The van der Waals surface area contributed by atoms with Crippen molar-refractivity contribution in [1.82, 2.24) is 0 Å². The van der Waals surface area contributed by atoms with Crippen LogP contribution in [0.5, 0.6) is 0 Å². The molecule has 2 aliphatic rings. The molecule has 76 valence electrons. The van der Waals surface area contributed by atoms with Crippen LogP contribution in [0, 0.1) is 11.8 Å². The predicted molar refractivity (Wildman–Crippen MR) is 55.8 cm³/mol. The highest BCUT2D eigenvalue weighted by atomic mass is 16.5. The van der Waals surface area contributed by atoms with E-state index in [1.807, 2.05) is 18.2 Å². The van der Waals surface area contributed by atoms with Crippen molar-refractivity contribution in [1.29, 1.82) is 0 Å². The molecule has 2 heteroatoms. The molecule has 5 atom stereocenters. The Morgan fingerprint density at radius 2 is 2.00 bits per heavy atom. The number of hydrogen-bond donors (Lipinski definition) is 1. The summed E-state index contributed by atoms with van der Waals surface area (Å²) in [4.78, 5) is 0. The maximum atomic E-state index is 9.81. The quantitative estimate of drug-likeness (QED) is 0.674. The zero-order valence-electron chi connectivity index (χ0n) is 8.34. The highest BCUT2D eigenvalue weighted by molar-refractivity contribution is 5.18. The Morgan fingerprint density at radius 1 is 1.36 bits per heavy atom. The molecule has 0 aromatic heterocycles. The molecule has 2 rings (SSSR count). The molecule has 1 saturated heterocycles. The maximum absolute atomic E-state index is 9.81. The fourth-order valence-electron chi connectivity index (χ4n) is 2.32. The average Bonchev–Trinajstić information content (AvgIpc) is 2.41. The first-order valence-corrected chi connectivity index (χ1v) is 5.05. The number of hydrogen-bond acceptors (Lipinski definition) is 2. The molecule has 0 spiro atoms. The molecule has 0 aliphatic carbocycles. The first-order chi connectivity index (χ1) is 6.74. The van der Waals surface area contributed by atoms with E-state index < -0.39 is 6.10 Å². The lowest BCUT2D eigenvalue weighted by Crippen LogP contribution is -2.30. The minimum Gasteiger partial charge on any atom is -0.389 e. The molecule has 14 heavy (non-hydrogen) atoms. The van der Waals surface area contributed by atoms with E-state index in [1.54, 1.807) is 6.08 Å². The van der Waals surface area contributed by atoms with Gasteiger partial charge >= 0.3 is 0 Å². The first kappa shape index (κ1) is 9.69. The van der Waals surface area contributed by atoms with Gasteiger partial charge in [0.05, 0.1) is 18.3 Å². The number of allylic oxidation sites excluding steroid dienone is 2. The summed E-state index contributed by atoms with van der Waals surface area (Å²) >= 11 is 0. The van der Waals surface area contributed by atoms with Crippen LogP contribution in [0.2, 0.25) is 0 Å². The Labute approximate surface area is 84.6 Å². The van der Waals surface area contributed by atoms with Crippen molar-refractivity contribution in [3.05, 3.63) is 37.0 Å². The van der Waals surface area contributed by atoms with Gasteiger partial charge in [-0.1, -0.05) is 37.3 Å². The monoisotopic (exact) mass is 192 g/mol. The van der Waals surface area contributed by atoms with Gasteiger partial charge in [-0.25, -0.2) is 0 Å². The summed E-state index contributed by atoms with van der Waals surface area (Å²) in [5.41, 5.74) is 0. The van der Waals surface area contributed by atoms with Crippen LogP contribution in [0.1, 0.15) is 6.92 Å². The van der Waals surface area contributed by atoms with Crippen molar-refractivity contribution in [2.75, 3.05) is 0 Å². The molecular weight excluding hydrogens is 176 g/mol. The van der Waals surface area contributed by atoms with Gasteiger partial charge in [-0.15, -0.1) is 6.58 Å². The van der Waals surface area contributed by atoms with Gasteiger partial charge in [0.1, 0.15) is 0 Å². The van der Waals surface area contributed by atoms with Gasteiger partial charge < -0.3 is 9.84 Å². The van der Waals surface area contributed by atoms with Gasteiger partial charge in [0, 0.05) is 5.92 Å². The number of fused-ring (bicyclic) bond motifs is 2. The molecule has 0 radical (unpaired) electrons. The normalized spacial score (nSPS) is 42.1. The molecule has 2 bridgehead atoms. The second-order valence-electron chi connectivity index (χ2n) is 4.00. The van der Waals surface area contributed by atoms with Gasteiger partial charge in [0.25, 0.3) is 0 Å². The second-order valence-corrected chi connectivity index (χ2v) is 4.00. The lowest BCUT2D eigenvalue weighted by Gasteiger charge is -2.22. The maximum Gasteiger partial charge on any atom is 0.0826 e. The van der Waals surface area contributed by atoms with Gasteiger partial charge in [0.2, 0.25) is 0 Å². The molecule has 0 aromatic rings.